The summed E-state index contributed by atoms with van der Waals surface area (Å²) in [5, 5.41) is 0. The van der Waals surface area contributed by atoms with Gasteiger partial charge in [-0.2, -0.15) is 0 Å². The highest BCUT2D eigenvalue weighted by Crippen LogP contribution is 2.37. The van der Waals surface area contributed by atoms with Gasteiger partial charge in [0.2, 0.25) is 0 Å². The molecule has 2 atom stereocenters. The monoisotopic (exact) mass is 485 g/mol. The Morgan fingerprint density at radius 2 is 1.87 bits per heavy atom. The second-order valence-electron chi connectivity index (χ2n) is 5.99. The lowest BCUT2D eigenvalue weighted by molar-refractivity contribution is 0.147. The highest BCUT2D eigenvalue weighted by molar-refractivity contribution is 14.1. The van der Waals surface area contributed by atoms with Crippen molar-refractivity contribution < 1.29 is 4.74 Å². The number of ether oxygens (including phenoxy) is 1. The van der Waals surface area contributed by atoms with Gasteiger partial charge in [-0.05, 0) is 42.2 Å². The van der Waals surface area contributed by atoms with E-state index in [1.807, 2.05) is 12.1 Å². The first kappa shape index (κ1) is 17.2. The molecule has 2 nitrogen and oxygen atoms in total. The molecule has 4 heteroatoms. The van der Waals surface area contributed by atoms with Gasteiger partial charge in [-0.15, -0.1) is 0 Å². The molecule has 3 rings (SSSR count). The van der Waals surface area contributed by atoms with Crippen molar-refractivity contribution in [2.75, 3.05) is 13.7 Å². The van der Waals surface area contributed by atoms with Gasteiger partial charge in [-0.1, -0.05) is 68.9 Å². The van der Waals surface area contributed by atoms with Crippen molar-refractivity contribution in [1.82, 2.24) is 4.90 Å². The van der Waals surface area contributed by atoms with Crippen molar-refractivity contribution in [2.24, 2.45) is 0 Å². The number of halogens is 2. The van der Waals surface area contributed by atoms with Crippen LogP contribution >= 0.6 is 38.5 Å². The minimum Gasteiger partial charge on any atom is -0.497 e. The molecule has 0 N–H and O–H groups in total. The molecule has 1 heterocycles. The van der Waals surface area contributed by atoms with Gasteiger partial charge in [0.15, 0.2) is 0 Å². The summed E-state index contributed by atoms with van der Waals surface area (Å²) >= 11 is 6.32. The van der Waals surface area contributed by atoms with Crippen LogP contribution in [0.1, 0.15) is 30.0 Å². The maximum Gasteiger partial charge on any atom is 0.118 e. The molecule has 0 radical (unpaired) electrons. The molecule has 2 aromatic rings. The first-order chi connectivity index (χ1) is 11.2. The molecule has 1 aliphatic heterocycles. The predicted octanol–water partition coefficient (Wildman–Crippen LogP) is 5.60. The number of methoxy groups -OCH3 is 1. The highest BCUT2D eigenvalue weighted by Gasteiger charge is 2.29. The molecule has 0 saturated carbocycles. The third-order valence-corrected chi connectivity index (χ3v) is 6.17. The number of nitrogens with zero attached hydrogens (tertiary/aromatic N) is 1. The number of hydrogen-bond donors (Lipinski definition) is 0. The molecule has 0 aliphatic carbocycles. The van der Waals surface area contributed by atoms with E-state index in [1.165, 1.54) is 28.4 Å². The predicted molar refractivity (Wildman–Crippen MR) is 107 cm³/mol. The molecular weight excluding hydrogens is 465 g/mol. The fourth-order valence-electron chi connectivity index (χ4n) is 3.23. The first-order valence-electron chi connectivity index (χ1n) is 7.93. The zero-order valence-electron chi connectivity index (χ0n) is 13.2. The number of hydrogen-bond acceptors (Lipinski definition) is 2. The summed E-state index contributed by atoms with van der Waals surface area (Å²) < 4.78 is 7.21. The number of alkyl halides is 1. The number of piperidine rings is 1. The summed E-state index contributed by atoms with van der Waals surface area (Å²) in [7, 11) is 1.71. The second-order valence-corrected chi connectivity index (χ2v) is 8.61. The molecule has 0 amide bonds. The van der Waals surface area contributed by atoms with E-state index < -0.39 is 0 Å². The fraction of sp³-hybridized carbons (Fsp3) is 0.368. The maximum atomic E-state index is 5.26. The Bertz CT molecular complexity index is 646. The van der Waals surface area contributed by atoms with E-state index in [1.54, 1.807) is 7.11 Å². The average molecular weight is 486 g/mol. The van der Waals surface area contributed by atoms with Crippen molar-refractivity contribution >= 4 is 38.5 Å². The van der Waals surface area contributed by atoms with Gasteiger partial charge in [-0.3, -0.25) is 4.90 Å². The van der Waals surface area contributed by atoms with Crippen molar-refractivity contribution in [3.63, 3.8) is 0 Å². The smallest absolute Gasteiger partial charge is 0.118 e. The summed E-state index contributed by atoms with van der Waals surface area (Å²) in [4.78, 5) is 2.61. The second kappa shape index (κ2) is 7.99. The van der Waals surface area contributed by atoms with Crippen LogP contribution < -0.4 is 4.74 Å². The van der Waals surface area contributed by atoms with E-state index in [-0.39, 0.29) is 0 Å². The molecule has 2 unspecified atom stereocenters. The van der Waals surface area contributed by atoms with Crippen molar-refractivity contribution in [2.45, 2.75) is 29.4 Å². The Kier molecular flexibility index (Phi) is 5.99. The third-order valence-electron chi connectivity index (χ3n) is 4.44. The largest absolute Gasteiger partial charge is 0.497 e. The van der Waals surface area contributed by atoms with Crippen LogP contribution in [0.3, 0.4) is 0 Å². The Morgan fingerprint density at radius 1 is 1.13 bits per heavy atom. The molecule has 0 bridgehead atoms. The van der Waals surface area contributed by atoms with Crippen LogP contribution in [0.15, 0.2) is 53.0 Å². The summed E-state index contributed by atoms with van der Waals surface area (Å²) in [6, 6.07) is 17.6. The van der Waals surface area contributed by atoms with Crippen LogP contribution in [-0.4, -0.2) is 22.5 Å². The van der Waals surface area contributed by atoms with Gasteiger partial charge in [0.25, 0.3) is 0 Å². The van der Waals surface area contributed by atoms with E-state index in [4.69, 9.17) is 4.74 Å². The molecular formula is C19H21BrINO. The van der Waals surface area contributed by atoms with Crippen LogP contribution in [0.2, 0.25) is 0 Å². The minimum atomic E-state index is 0.485. The van der Waals surface area contributed by atoms with Gasteiger partial charge in [0.05, 0.1) is 7.11 Å². The van der Waals surface area contributed by atoms with Crippen molar-refractivity contribution in [3.8, 4) is 5.75 Å². The molecule has 0 spiro atoms. The van der Waals surface area contributed by atoms with E-state index in [9.17, 15) is 0 Å². The molecule has 0 aromatic heterocycles. The maximum absolute atomic E-state index is 5.26. The van der Waals surface area contributed by atoms with Crippen LogP contribution in [-0.2, 0) is 6.54 Å². The first-order valence-corrected chi connectivity index (χ1v) is 9.96. The molecule has 23 heavy (non-hydrogen) atoms. The van der Waals surface area contributed by atoms with Crippen molar-refractivity contribution in [1.29, 1.82) is 0 Å². The molecule has 122 valence electrons. The van der Waals surface area contributed by atoms with Crippen LogP contribution in [0, 0.1) is 0 Å². The lowest BCUT2D eigenvalue weighted by atomic mass is 9.94. The number of benzene rings is 2. The standard InChI is InChI=1S/C19H21BrINO/c1-23-16-9-6-14(7-10-16)12-22-13-15(21)8-11-19(22)17-4-2-3-5-18(17)20/h2-7,9-10,15,19H,8,11-13H2,1H3. The summed E-state index contributed by atoms with van der Waals surface area (Å²) in [5.41, 5.74) is 2.75. The van der Waals surface area contributed by atoms with Crippen LogP contribution in [0.25, 0.3) is 0 Å². The highest BCUT2D eigenvalue weighted by atomic mass is 127. The van der Waals surface area contributed by atoms with E-state index >= 15 is 0 Å². The lowest BCUT2D eigenvalue weighted by Gasteiger charge is -2.39. The summed E-state index contributed by atoms with van der Waals surface area (Å²) in [5.74, 6) is 0.918. The topological polar surface area (TPSA) is 12.5 Å². The fourth-order valence-corrected chi connectivity index (χ4v) is 4.65. The molecule has 1 aliphatic rings. The van der Waals surface area contributed by atoms with Gasteiger partial charge < -0.3 is 4.74 Å². The normalized spacial score (nSPS) is 22.0. The average Bonchev–Trinajstić information content (AvgIpc) is 2.57. The summed E-state index contributed by atoms with van der Waals surface area (Å²) in [6.45, 7) is 2.12. The van der Waals surface area contributed by atoms with Gasteiger partial charge in [0.1, 0.15) is 5.75 Å². The van der Waals surface area contributed by atoms with E-state index in [2.05, 4.69) is 79.8 Å². The zero-order valence-corrected chi connectivity index (χ0v) is 17.0. The van der Waals surface area contributed by atoms with Crippen LogP contribution in [0.4, 0.5) is 0 Å². The Labute approximate surface area is 160 Å². The molecule has 1 fully saturated rings. The summed E-state index contributed by atoms with van der Waals surface area (Å²) in [6.07, 6.45) is 2.50. The number of likely N-dealkylation sites (tertiary alicyclic amines) is 1. The van der Waals surface area contributed by atoms with Crippen molar-refractivity contribution in [3.05, 3.63) is 64.1 Å². The van der Waals surface area contributed by atoms with Crippen LogP contribution in [0.5, 0.6) is 5.75 Å². The van der Waals surface area contributed by atoms with Gasteiger partial charge in [-0.25, -0.2) is 0 Å². The van der Waals surface area contributed by atoms with Gasteiger partial charge in [0, 0.05) is 27.5 Å². The molecule has 1 saturated heterocycles. The molecule has 2 aromatic carbocycles. The van der Waals surface area contributed by atoms with E-state index in [0.717, 1.165) is 22.8 Å². The SMILES string of the molecule is COc1ccc(CN2CC(I)CCC2c2ccccc2Br)cc1. The third kappa shape index (κ3) is 4.28. The lowest BCUT2D eigenvalue weighted by Crippen LogP contribution is -2.38. The quantitative estimate of drug-likeness (QED) is 0.413. The van der Waals surface area contributed by atoms with E-state index in [0.29, 0.717) is 6.04 Å². The Hall–Kier alpha value is -0.590. The Morgan fingerprint density at radius 3 is 2.57 bits per heavy atom. The zero-order chi connectivity index (χ0) is 16.2. The van der Waals surface area contributed by atoms with Gasteiger partial charge >= 0.3 is 0 Å². The number of rotatable bonds is 4. The minimum absolute atomic E-state index is 0.485. The Balaban J connectivity index is 1.82.